The molecule has 122 valence electrons. The van der Waals surface area contributed by atoms with Gasteiger partial charge in [-0.2, -0.15) is 0 Å². The Morgan fingerprint density at radius 2 is 1.78 bits per heavy atom. The number of benzene rings is 1. The van der Waals surface area contributed by atoms with Crippen LogP contribution in [0, 0.1) is 0 Å². The van der Waals surface area contributed by atoms with Gasteiger partial charge in [0.25, 0.3) is 10.0 Å². The molecule has 1 saturated heterocycles. The van der Waals surface area contributed by atoms with Crippen LogP contribution < -0.4 is 15.4 Å². The number of pyridine rings is 1. The first-order valence-electron chi connectivity index (χ1n) is 7.22. The highest BCUT2D eigenvalue weighted by Crippen LogP contribution is 2.19. The highest BCUT2D eigenvalue weighted by Gasteiger charge is 2.17. The van der Waals surface area contributed by atoms with Crippen molar-refractivity contribution in [3.05, 3.63) is 42.6 Å². The van der Waals surface area contributed by atoms with Crippen molar-refractivity contribution in [2.24, 2.45) is 0 Å². The lowest BCUT2D eigenvalue weighted by atomic mass is 10.3. The molecule has 1 aromatic heterocycles. The molecule has 0 aliphatic carbocycles. The molecule has 3 rings (SSSR count). The van der Waals surface area contributed by atoms with Crippen LogP contribution >= 0.6 is 0 Å². The number of sulfonamides is 1. The highest BCUT2D eigenvalue weighted by atomic mass is 32.2. The maximum Gasteiger partial charge on any atom is 0.263 e. The molecule has 23 heavy (non-hydrogen) atoms. The Hall–Kier alpha value is -2.32. The van der Waals surface area contributed by atoms with Gasteiger partial charge in [-0.25, -0.2) is 13.4 Å². The number of nitrogens with one attached hydrogen (secondary N) is 1. The van der Waals surface area contributed by atoms with Crippen LogP contribution in [0.2, 0.25) is 0 Å². The third-order valence-electron chi connectivity index (χ3n) is 3.53. The summed E-state index contributed by atoms with van der Waals surface area (Å²) in [5.74, 6) is 0.750. The number of nitrogens with two attached hydrogens (primary N) is 1. The summed E-state index contributed by atoms with van der Waals surface area (Å²) in [5, 5.41) is 0. The fourth-order valence-electron chi connectivity index (χ4n) is 2.28. The molecule has 0 bridgehead atoms. The van der Waals surface area contributed by atoms with Gasteiger partial charge in [0.15, 0.2) is 0 Å². The minimum atomic E-state index is -3.67. The Morgan fingerprint density at radius 1 is 1.09 bits per heavy atom. The van der Waals surface area contributed by atoms with Gasteiger partial charge in [0, 0.05) is 30.7 Å². The summed E-state index contributed by atoms with van der Waals surface area (Å²) in [6, 6.07) is 9.76. The minimum Gasteiger partial charge on any atom is -0.399 e. The molecule has 0 amide bonds. The summed E-state index contributed by atoms with van der Waals surface area (Å²) in [5.41, 5.74) is 6.62. The smallest absolute Gasteiger partial charge is 0.263 e. The number of anilines is 3. The number of hydrogen-bond donors (Lipinski definition) is 2. The van der Waals surface area contributed by atoms with Crippen LogP contribution in [-0.2, 0) is 14.8 Å². The zero-order valence-corrected chi connectivity index (χ0v) is 13.3. The van der Waals surface area contributed by atoms with Crippen LogP contribution in [0.5, 0.6) is 0 Å². The van der Waals surface area contributed by atoms with E-state index in [4.69, 9.17) is 10.5 Å². The highest BCUT2D eigenvalue weighted by molar-refractivity contribution is 7.92. The van der Waals surface area contributed by atoms with Gasteiger partial charge in [0.2, 0.25) is 0 Å². The van der Waals surface area contributed by atoms with Crippen molar-refractivity contribution in [2.75, 3.05) is 41.7 Å². The van der Waals surface area contributed by atoms with Gasteiger partial charge in [0.05, 0.1) is 13.2 Å². The van der Waals surface area contributed by atoms with E-state index in [-0.39, 0.29) is 4.90 Å². The molecule has 0 atom stereocenters. The normalized spacial score (nSPS) is 15.4. The van der Waals surface area contributed by atoms with E-state index in [0.717, 1.165) is 18.9 Å². The molecule has 0 radical (unpaired) electrons. The van der Waals surface area contributed by atoms with E-state index in [1.54, 1.807) is 36.4 Å². The van der Waals surface area contributed by atoms with Crippen molar-refractivity contribution in [2.45, 2.75) is 4.90 Å². The molecular weight excluding hydrogens is 316 g/mol. The van der Waals surface area contributed by atoms with E-state index in [0.29, 0.717) is 24.6 Å². The molecule has 0 spiro atoms. The molecular formula is C15H18N4O3S. The van der Waals surface area contributed by atoms with Gasteiger partial charge in [-0.15, -0.1) is 0 Å². The van der Waals surface area contributed by atoms with Crippen molar-refractivity contribution < 1.29 is 13.2 Å². The minimum absolute atomic E-state index is 0.117. The molecule has 8 heteroatoms. The van der Waals surface area contributed by atoms with Crippen molar-refractivity contribution in [1.29, 1.82) is 0 Å². The summed E-state index contributed by atoms with van der Waals surface area (Å²) in [6.45, 7) is 2.81. The maximum atomic E-state index is 12.4. The van der Waals surface area contributed by atoms with Crippen LogP contribution in [-0.4, -0.2) is 39.7 Å². The fourth-order valence-corrected chi connectivity index (χ4v) is 3.28. The van der Waals surface area contributed by atoms with E-state index in [1.807, 2.05) is 0 Å². The largest absolute Gasteiger partial charge is 0.399 e. The van der Waals surface area contributed by atoms with Gasteiger partial charge < -0.3 is 15.4 Å². The fraction of sp³-hybridized carbons (Fsp3) is 0.267. The lowest BCUT2D eigenvalue weighted by Crippen LogP contribution is -2.36. The quantitative estimate of drug-likeness (QED) is 0.818. The molecule has 0 saturated carbocycles. The summed E-state index contributed by atoms with van der Waals surface area (Å²) in [7, 11) is -3.67. The third kappa shape index (κ3) is 3.72. The zero-order chi connectivity index (χ0) is 16.3. The first kappa shape index (κ1) is 15.6. The zero-order valence-electron chi connectivity index (χ0n) is 12.5. The molecule has 0 unspecified atom stereocenters. The molecule has 7 nitrogen and oxygen atoms in total. The Labute approximate surface area is 135 Å². The summed E-state index contributed by atoms with van der Waals surface area (Å²) >= 11 is 0. The predicted molar refractivity (Wildman–Crippen MR) is 88.9 cm³/mol. The molecule has 1 aromatic carbocycles. The number of nitrogens with zero attached hydrogens (tertiary/aromatic N) is 2. The number of hydrogen-bond acceptors (Lipinski definition) is 6. The molecule has 1 aliphatic rings. The first-order chi connectivity index (χ1) is 11.0. The number of nitrogen functional groups attached to an aromatic ring is 1. The Bertz CT molecular complexity index is 754. The number of morpholine rings is 1. The second-order valence-electron chi connectivity index (χ2n) is 5.18. The van der Waals surface area contributed by atoms with Crippen molar-refractivity contribution in [1.82, 2.24) is 4.98 Å². The summed E-state index contributed by atoms with van der Waals surface area (Å²) in [4.78, 5) is 6.44. The standard InChI is InChI=1S/C15H18N4O3S/c16-12-1-3-13(4-2-12)18-23(20,21)14-5-6-15(17-11-14)19-7-9-22-10-8-19/h1-6,11,18H,7-10,16H2. The average molecular weight is 334 g/mol. The number of ether oxygens (including phenoxy) is 1. The van der Waals surface area contributed by atoms with Crippen LogP contribution in [0.4, 0.5) is 17.2 Å². The van der Waals surface area contributed by atoms with Crippen LogP contribution in [0.1, 0.15) is 0 Å². The van der Waals surface area contributed by atoms with E-state index < -0.39 is 10.0 Å². The average Bonchev–Trinajstić information content (AvgIpc) is 2.58. The first-order valence-corrected chi connectivity index (χ1v) is 8.70. The van der Waals surface area contributed by atoms with Crippen LogP contribution in [0.25, 0.3) is 0 Å². The Balaban J connectivity index is 1.75. The van der Waals surface area contributed by atoms with E-state index in [1.165, 1.54) is 6.20 Å². The van der Waals surface area contributed by atoms with Crippen molar-refractivity contribution in [3.63, 3.8) is 0 Å². The van der Waals surface area contributed by atoms with Crippen LogP contribution in [0.15, 0.2) is 47.5 Å². The number of aromatic nitrogens is 1. The molecule has 1 aliphatic heterocycles. The third-order valence-corrected chi connectivity index (χ3v) is 4.90. The Morgan fingerprint density at radius 3 is 2.39 bits per heavy atom. The number of rotatable bonds is 4. The van der Waals surface area contributed by atoms with Gasteiger partial charge >= 0.3 is 0 Å². The van der Waals surface area contributed by atoms with E-state index >= 15 is 0 Å². The monoisotopic (exact) mass is 334 g/mol. The van der Waals surface area contributed by atoms with Gasteiger partial charge in [-0.1, -0.05) is 0 Å². The lowest BCUT2D eigenvalue weighted by Gasteiger charge is -2.27. The second kappa shape index (κ2) is 6.43. The van der Waals surface area contributed by atoms with Gasteiger partial charge in [0.1, 0.15) is 10.7 Å². The SMILES string of the molecule is Nc1ccc(NS(=O)(=O)c2ccc(N3CCOCC3)nc2)cc1. The molecule has 3 N–H and O–H groups in total. The van der Waals surface area contributed by atoms with Crippen molar-refractivity contribution >= 4 is 27.2 Å². The second-order valence-corrected chi connectivity index (χ2v) is 6.86. The van der Waals surface area contributed by atoms with Gasteiger partial charge in [-0.3, -0.25) is 4.72 Å². The predicted octanol–water partition coefficient (Wildman–Crippen LogP) is 1.30. The lowest BCUT2D eigenvalue weighted by molar-refractivity contribution is 0.122. The Kier molecular flexibility index (Phi) is 4.35. The van der Waals surface area contributed by atoms with Gasteiger partial charge in [-0.05, 0) is 36.4 Å². The molecule has 2 heterocycles. The molecule has 1 fully saturated rings. The summed E-state index contributed by atoms with van der Waals surface area (Å²) < 4.78 is 32.5. The topological polar surface area (TPSA) is 97.5 Å². The van der Waals surface area contributed by atoms with E-state index in [9.17, 15) is 8.42 Å². The molecule has 2 aromatic rings. The van der Waals surface area contributed by atoms with Crippen LogP contribution in [0.3, 0.4) is 0 Å². The van der Waals surface area contributed by atoms with E-state index in [2.05, 4.69) is 14.6 Å². The maximum absolute atomic E-state index is 12.4. The van der Waals surface area contributed by atoms with Crippen molar-refractivity contribution in [3.8, 4) is 0 Å². The summed E-state index contributed by atoms with van der Waals surface area (Å²) in [6.07, 6.45) is 1.37.